The van der Waals surface area contributed by atoms with Gasteiger partial charge in [-0.3, -0.25) is 14.7 Å². The van der Waals surface area contributed by atoms with E-state index >= 15 is 0 Å². The number of carbonyl (C=O) groups excluding carboxylic acids is 2. The molecule has 3 rings (SSSR count). The smallest absolute Gasteiger partial charge is 0.245 e. The van der Waals surface area contributed by atoms with Crippen LogP contribution in [0, 0.1) is 12.8 Å². The molecule has 1 aliphatic rings. The fraction of sp³-hybridized carbons (Fsp3) is 0.350. The summed E-state index contributed by atoms with van der Waals surface area (Å²) < 4.78 is 27.3. The third-order valence-corrected chi connectivity index (χ3v) is 6.67. The topological polar surface area (TPSA) is 124 Å². The minimum absolute atomic E-state index is 0.0344. The number of hydrogen-bond acceptors (Lipinski definition) is 6. The van der Waals surface area contributed by atoms with Crippen LogP contribution < -0.4 is 10.6 Å². The van der Waals surface area contributed by atoms with Crippen molar-refractivity contribution in [1.29, 1.82) is 0 Å². The van der Waals surface area contributed by atoms with Gasteiger partial charge in [0.25, 0.3) is 0 Å². The van der Waals surface area contributed by atoms with Gasteiger partial charge in [-0.25, -0.2) is 8.42 Å². The van der Waals surface area contributed by atoms with Crippen molar-refractivity contribution in [2.24, 2.45) is 5.92 Å². The molecule has 1 unspecified atom stereocenters. The van der Waals surface area contributed by atoms with Crippen molar-refractivity contribution in [2.45, 2.75) is 25.3 Å². The molecule has 1 aliphatic carbocycles. The summed E-state index contributed by atoms with van der Waals surface area (Å²) in [7, 11) is -0.855. The number of allylic oxidation sites excluding steroid dienone is 3. The largest absolute Gasteiger partial charge is 0.325 e. The SMILES string of the molecule is CNCc1[nH]nc2c(S(=O)(=O)N(C)CC(=O)NC3=CC(=O)C(C)C=C3)cc(C)cc12. The Balaban J connectivity index is 1.83. The summed E-state index contributed by atoms with van der Waals surface area (Å²) in [6.45, 7) is 3.67. The molecule has 0 fully saturated rings. The minimum atomic E-state index is -3.98. The Morgan fingerprint density at radius 1 is 1.33 bits per heavy atom. The quantitative estimate of drug-likeness (QED) is 0.600. The van der Waals surface area contributed by atoms with Gasteiger partial charge in [0.2, 0.25) is 15.9 Å². The number of aromatic amines is 1. The number of nitrogens with one attached hydrogen (secondary N) is 3. The number of rotatable bonds is 7. The van der Waals surface area contributed by atoms with Crippen LogP contribution in [0.4, 0.5) is 0 Å². The second kappa shape index (κ2) is 8.50. The molecule has 160 valence electrons. The van der Waals surface area contributed by atoms with Crippen LogP contribution in [0.1, 0.15) is 18.2 Å². The zero-order valence-corrected chi connectivity index (χ0v) is 18.1. The molecular weight excluding hydrogens is 406 g/mol. The third kappa shape index (κ3) is 4.35. The Morgan fingerprint density at radius 2 is 2.07 bits per heavy atom. The number of hydrogen-bond donors (Lipinski definition) is 3. The highest BCUT2D eigenvalue weighted by molar-refractivity contribution is 7.89. The summed E-state index contributed by atoms with van der Waals surface area (Å²) in [6.07, 6.45) is 4.66. The number of benzene rings is 1. The second-order valence-corrected chi connectivity index (χ2v) is 9.36. The molecule has 0 radical (unpaired) electrons. The zero-order valence-electron chi connectivity index (χ0n) is 17.3. The summed E-state index contributed by atoms with van der Waals surface area (Å²) in [4.78, 5) is 24.2. The first-order valence-electron chi connectivity index (χ1n) is 9.45. The highest BCUT2D eigenvalue weighted by atomic mass is 32.2. The molecular formula is C20H25N5O4S. The number of amides is 1. The molecule has 0 bridgehead atoms. The van der Waals surface area contributed by atoms with Gasteiger partial charge in [-0.2, -0.15) is 9.40 Å². The van der Waals surface area contributed by atoms with Gasteiger partial charge in [0.15, 0.2) is 5.78 Å². The number of ketones is 1. The van der Waals surface area contributed by atoms with Crippen molar-refractivity contribution in [3.05, 3.63) is 47.3 Å². The molecule has 3 N–H and O–H groups in total. The van der Waals surface area contributed by atoms with Crippen molar-refractivity contribution < 1.29 is 18.0 Å². The van der Waals surface area contributed by atoms with Crippen LogP contribution in [-0.2, 0) is 26.2 Å². The third-order valence-electron chi connectivity index (χ3n) is 4.85. The predicted molar refractivity (Wildman–Crippen MR) is 113 cm³/mol. The van der Waals surface area contributed by atoms with Crippen LogP contribution in [0.5, 0.6) is 0 Å². The highest BCUT2D eigenvalue weighted by Crippen LogP contribution is 2.27. The lowest BCUT2D eigenvalue weighted by molar-refractivity contribution is -0.120. The summed E-state index contributed by atoms with van der Waals surface area (Å²) in [5, 5.41) is 13.4. The molecule has 0 aliphatic heterocycles. The lowest BCUT2D eigenvalue weighted by Crippen LogP contribution is -2.38. The summed E-state index contributed by atoms with van der Waals surface area (Å²) >= 11 is 0. The molecule has 1 aromatic heterocycles. The van der Waals surface area contributed by atoms with Crippen LogP contribution in [0.25, 0.3) is 10.9 Å². The van der Waals surface area contributed by atoms with E-state index in [1.165, 1.54) is 13.1 Å². The standard InChI is InChI=1S/C20H25N5O4S/c1-12-7-15-16(10-21-3)23-24-20(15)18(8-12)30(28,29)25(4)11-19(27)22-14-6-5-13(2)17(26)9-14/h5-9,13,21H,10-11H2,1-4H3,(H,22,27)(H,23,24). The van der Waals surface area contributed by atoms with Gasteiger partial charge < -0.3 is 10.6 Å². The summed E-state index contributed by atoms with van der Waals surface area (Å²) in [6, 6.07) is 3.42. The minimum Gasteiger partial charge on any atom is -0.325 e. The van der Waals surface area contributed by atoms with Crippen LogP contribution in [0.2, 0.25) is 0 Å². The molecule has 1 amide bonds. The van der Waals surface area contributed by atoms with Crippen LogP contribution in [-0.4, -0.2) is 55.3 Å². The van der Waals surface area contributed by atoms with Gasteiger partial charge in [0.1, 0.15) is 10.4 Å². The van der Waals surface area contributed by atoms with Crippen molar-refractivity contribution in [1.82, 2.24) is 25.1 Å². The summed E-state index contributed by atoms with van der Waals surface area (Å²) in [5.41, 5.74) is 2.22. The van der Waals surface area contributed by atoms with E-state index in [2.05, 4.69) is 20.8 Å². The van der Waals surface area contributed by atoms with Gasteiger partial charge in [0, 0.05) is 36.7 Å². The van der Waals surface area contributed by atoms with Gasteiger partial charge >= 0.3 is 0 Å². The number of carbonyl (C=O) groups is 2. The Bertz CT molecular complexity index is 1160. The van der Waals surface area contributed by atoms with E-state index in [4.69, 9.17) is 0 Å². The van der Waals surface area contributed by atoms with E-state index in [0.29, 0.717) is 23.1 Å². The summed E-state index contributed by atoms with van der Waals surface area (Å²) in [5.74, 6) is -0.896. The Labute approximate surface area is 175 Å². The lowest BCUT2D eigenvalue weighted by atomic mass is 10.0. The van der Waals surface area contributed by atoms with E-state index in [9.17, 15) is 18.0 Å². The average molecular weight is 432 g/mol. The number of likely N-dealkylation sites (N-methyl/N-ethyl adjacent to an activating group) is 1. The monoisotopic (exact) mass is 431 g/mol. The molecule has 0 saturated carbocycles. The Morgan fingerprint density at radius 3 is 2.73 bits per heavy atom. The zero-order chi connectivity index (χ0) is 22.1. The number of aryl methyl sites for hydroxylation is 1. The first kappa shape index (κ1) is 21.9. The molecule has 9 nitrogen and oxygen atoms in total. The van der Waals surface area contributed by atoms with Crippen molar-refractivity contribution in [3.8, 4) is 0 Å². The molecule has 1 atom stereocenters. The van der Waals surface area contributed by atoms with Crippen molar-refractivity contribution >= 4 is 32.6 Å². The van der Waals surface area contributed by atoms with Gasteiger partial charge in [-0.05, 0) is 37.7 Å². The highest BCUT2D eigenvalue weighted by Gasteiger charge is 2.27. The van der Waals surface area contributed by atoms with Gasteiger partial charge in [-0.1, -0.05) is 13.0 Å². The normalized spacial score (nSPS) is 16.9. The molecule has 1 aromatic carbocycles. The van der Waals surface area contributed by atoms with Crippen LogP contribution in [0.3, 0.4) is 0 Å². The fourth-order valence-electron chi connectivity index (χ4n) is 3.19. The number of aromatic nitrogens is 2. The fourth-order valence-corrected chi connectivity index (χ4v) is 4.55. The van der Waals surface area contributed by atoms with Crippen molar-refractivity contribution in [3.63, 3.8) is 0 Å². The molecule has 2 aromatic rings. The van der Waals surface area contributed by atoms with Crippen molar-refractivity contribution in [2.75, 3.05) is 20.6 Å². The number of nitrogens with zero attached hydrogens (tertiary/aromatic N) is 2. The number of fused-ring (bicyclic) bond motifs is 1. The van der Waals surface area contributed by atoms with Gasteiger partial charge in [0.05, 0.1) is 12.2 Å². The van der Waals surface area contributed by atoms with Gasteiger partial charge in [-0.15, -0.1) is 0 Å². The van der Waals surface area contributed by atoms with E-state index < -0.39 is 22.5 Å². The predicted octanol–water partition coefficient (Wildman–Crippen LogP) is 0.986. The average Bonchev–Trinajstić information content (AvgIpc) is 3.06. The lowest BCUT2D eigenvalue weighted by Gasteiger charge is -2.18. The molecule has 10 heteroatoms. The van der Waals surface area contributed by atoms with E-state index in [1.54, 1.807) is 39.1 Å². The van der Waals surface area contributed by atoms with Crippen LogP contribution >= 0.6 is 0 Å². The van der Waals surface area contributed by atoms with E-state index in [1.807, 2.05) is 6.07 Å². The van der Waals surface area contributed by atoms with E-state index in [-0.39, 0.29) is 16.6 Å². The Hall–Kier alpha value is -2.82. The first-order valence-corrected chi connectivity index (χ1v) is 10.9. The molecule has 30 heavy (non-hydrogen) atoms. The maximum absolute atomic E-state index is 13.2. The second-order valence-electron chi connectivity index (χ2n) is 7.35. The van der Waals surface area contributed by atoms with E-state index in [0.717, 1.165) is 15.6 Å². The van der Waals surface area contributed by atoms with Crippen LogP contribution in [0.15, 0.2) is 41.0 Å². The maximum atomic E-state index is 13.2. The first-order chi connectivity index (χ1) is 14.1. The maximum Gasteiger partial charge on any atom is 0.245 e. The molecule has 0 saturated heterocycles. The Kier molecular flexibility index (Phi) is 6.20. The molecule has 0 spiro atoms. The molecule has 1 heterocycles. The number of sulfonamides is 1. The number of H-pyrrole nitrogens is 1.